The average molecular weight is 220 g/mol. The van der Waals surface area contributed by atoms with Gasteiger partial charge in [-0.3, -0.25) is 4.98 Å². The molecule has 1 heterocycles. The number of hydrogen-bond acceptors (Lipinski definition) is 2. The highest BCUT2D eigenvalue weighted by Crippen LogP contribution is 2.22. The second-order valence-corrected chi connectivity index (χ2v) is 4.64. The second kappa shape index (κ2) is 6.64. The molecular weight excluding hydrogens is 196 g/mol. The summed E-state index contributed by atoms with van der Waals surface area (Å²) in [6.07, 6.45) is 4.11. The Morgan fingerprint density at radius 2 is 2.06 bits per heavy atom. The number of rotatable bonds is 6. The monoisotopic (exact) mass is 220 g/mol. The van der Waals surface area contributed by atoms with Gasteiger partial charge in [0.05, 0.1) is 5.69 Å². The molecule has 0 amide bonds. The van der Waals surface area contributed by atoms with Gasteiger partial charge in [0.2, 0.25) is 0 Å². The van der Waals surface area contributed by atoms with Gasteiger partial charge in [0, 0.05) is 12.2 Å². The summed E-state index contributed by atoms with van der Waals surface area (Å²) < 4.78 is 0. The van der Waals surface area contributed by atoms with Gasteiger partial charge in [0.15, 0.2) is 0 Å². The molecule has 1 unspecified atom stereocenters. The van der Waals surface area contributed by atoms with Crippen LogP contribution in [0.4, 0.5) is 0 Å². The molecule has 2 nitrogen and oxygen atoms in total. The van der Waals surface area contributed by atoms with Gasteiger partial charge in [-0.25, -0.2) is 0 Å². The Hall–Kier alpha value is -0.890. The first-order valence-electron chi connectivity index (χ1n) is 6.36. The summed E-state index contributed by atoms with van der Waals surface area (Å²) in [5, 5.41) is 3.54. The second-order valence-electron chi connectivity index (χ2n) is 4.64. The molecule has 0 bridgehead atoms. The molecule has 90 valence electrons. The van der Waals surface area contributed by atoms with Crippen molar-refractivity contribution >= 4 is 0 Å². The largest absolute Gasteiger partial charge is 0.309 e. The number of pyridine rings is 1. The van der Waals surface area contributed by atoms with Crippen molar-refractivity contribution in [2.45, 2.75) is 46.6 Å². The molecule has 1 N–H and O–H groups in total. The fraction of sp³-hybridized carbons (Fsp3) is 0.643. The van der Waals surface area contributed by atoms with Crippen molar-refractivity contribution in [3.8, 4) is 0 Å². The van der Waals surface area contributed by atoms with E-state index in [0.717, 1.165) is 19.4 Å². The van der Waals surface area contributed by atoms with Gasteiger partial charge >= 0.3 is 0 Å². The van der Waals surface area contributed by atoms with Crippen molar-refractivity contribution in [3.63, 3.8) is 0 Å². The molecule has 0 spiro atoms. The van der Waals surface area contributed by atoms with Crippen molar-refractivity contribution < 1.29 is 0 Å². The van der Waals surface area contributed by atoms with E-state index in [1.54, 1.807) is 0 Å². The number of nitrogens with zero attached hydrogens (tertiary/aromatic N) is 1. The molecule has 0 radical (unpaired) electrons. The van der Waals surface area contributed by atoms with Crippen molar-refractivity contribution in [1.82, 2.24) is 10.3 Å². The molecule has 16 heavy (non-hydrogen) atoms. The Kier molecular flexibility index (Phi) is 5.47. The lowest BCUT2D eigenvalue weighted by molar-refractivity contribution is 0.428. The lowest BCUT2D eigenvalue weighted by Gasteiger charge is -2.21. The van der Waals surface area contributed by atoms with Gasteiger partial charge in [-0.15, -0.1) is 0 Å². The van der Waals surface area contributed by atoms with Gasteiger partial charge < -0.3 is 5.32 Å². The molecule has 0 aliphatic carbocycles. The molecule has 0 saturated heterocycles. The molecule has 0 aliphatic heterocycles. The third-order valence-corrected chi connectivity index (χ3v) is 2.79. The van der Waals surface area contributed by atoms with E-state index >= 15 is 0 Å². The molecule has 0 fully saturated rings. The highest BCUT2D eigenvalue weighted by Gasteiger charge is 2.16. The van der Waals surface area contributed by atoms with Gasteiger partial charge in [0.25, 0.3) is 0 Å². The minimum Gasteiger partial charge on any atom is -0.309 e. The summed E-state index contributed by atoms with van der Waals surface area (Å²) in [5.41, 5.74) is 2.61. The molecular formula is C14H24N2. The molecule has 0 saturated carbocycles. The molecule has 0 aromatic carbocycles. The molecule has 1 rings (SSSR count). The summed E-state index contributed by atoms with van der Waals surface area (Å²) in [7, 11) is 0. The normalized spacial score (nSPS) is 13.1. The summed E-state index contributed by atoms with van der Waals surface area (Å²) in [5.74, 6) is 0.691. The summed E-state index contributed by atoms with van der Waals surface area (Å²) in [6, 6.07) is 4.62. The minimum absolute atomic E-state index is 0.404. The van der Waals surface area contributed by atoms with Crippen molar-refractivity contribution in [2.75, 3.05) is 6.54 Å². The topological polar surface area (TPSA) is 24.9 Å². The maximum atomic E-state index is 4.56. The molecule has 2 heteroatoms. The lowest BCUT2D eigenvalue weighted by Crippen LogP contribution is -2.24. The van der Waals surface area contributed by atoms with E-state index in [1.165, 1.54) is 11.3 Å². The smallest absolute Gasteiger partial charge is 0.0605 e. The van der Waals surface area contributed by atoms with Crippen LogP contribution < -0.4 is 5.32 Å². The standard InChI is InChI=1S/C14H24N2/c1-5-12-8-7-9-16-14(12)13(15-6-2)10-11(3)4/h7-9,11,13,15H,5-6,10H2,1-4H3. The molecule has 1 aromatic heterocycles. The predicted molar refractivity (Wildman–Crippen MR) is 69.5 cm³/mol. The Morgan fingerprint density at radius 1 is 1.31 bits per heavy atom. The first-order chi connectivity index (χ1) is 7.69. The van der Waals surface area contributed by atoms with Crippen molar-refractivity contribution in [1.29, 1.82) is 0 Å². The number of aryl methyl sites for hydroxylation is 1. The van der Waals surface area contributed by atoms with Crippen LogP contribution in [0.3, 0.4) is 0 Å². The first-order valence-corrected chi connectivity index (χ1v) is 6.36. The Balaban J connectivity index is 2.90. The van der Waals surface area contributed by atoms with E-state index in [9.17, 15) is 0 Å². The van der Waals surface area contributed by atoms with Gasteiger partial charge in [0.1, 0.15) is 0 Å². The number of aromatic nitrogens is 1. The third kappa shape index (κ3) is 3.60. The zero-order chi connectivity index (χ0) is 12.0. The zero-order valence-electron chi connectivity index (χ0n) is 11.0. The van der Waals surface area contributed by atoms with Crippen LogP contribution in [0.1, 0.15) is 51.4 Å². The van der Waals surface area contributed by atoms with Crippen LogP contribution in [0.2, 0.25) is 0 Å². The summed E-state index contributed by atoms with van der Waals surface area (Å²) in [6.45, 7) is 9.87. The van der Waals surface area contributed by atoms with Gasteiger partial charge in [-0.05, 0) is 36.9 Å². The quantitative estimate of drug-likeness (QED) is 0.795. The Labute approximate surface area is 99.5 Å². The van der Waals surface area contributed by atoms with Crippen LogP contribution in [-0.4, -0.2) is 11.5 Å². The predicted octanol–water partition coefficient (Wildman–Crippen LogP) is 3.34. The first kappa shape index (κ1) is 13.2. The van der Waals surface area contributed by atoms with E-state index in [-0.39, 0.29) is 0 Å². The van der Waals surface area contributed by atoms with Crippen molar-refractivity contribution in [2.24, 2.45) is 5.92 Å². The summed E-state index contributed by atoms with van der Waals surface area (Å²) in [4.78, 5) is 4.56. The van der Waals surface area contributed by atoms with E-state index < -0.39 is 0 Å². The van der Waals surface area contributed by atoms with Crippen LogP contribution >= 0.6 is 0 Å². The lowest BCUT2D eigenvalue weighted by atomic mass is 9.97. The highest BCUT2D eigenvalue weighted by atomic mass is 14.9. The van der Waals surface area contributed by atoms with Crippen LogP contribution in [0.5, 0.6) is 0 Å². The van der Waals surface area contributed by atoms with Crippen LogP contribution in [0, 0.1) is 5.92 Å². The van der Waals surface area contributed by atoms with E-state index in [2.05, 4.69) is 44.1 Å². The van der Waals surface area contributed by atoms with Crippen molar-refractivity contribution in [3.05, 3.63) is 29.6 Å². The Bertz CT molecular complexity index is 307. The van der Waals surface area contributed by atoms with Crippen LogP contribution in [0.25, 0.3) is 0 Å². The maximum absolute atomic E-state index is 4.56. The average Bonchev–Trinajstić information content (AvgIpc) is 2.28. The third-order valence-electron chi connectivity index (χ3n) is 2.79. The molecule has 1 atom stereocenters. The van der Waals surface area contributed by atoms with Gasteiger partial charge in [-0.1, -0.05) is 33.8 Å². The molecule has 0 aliphatic rings. The van der Waals surface area contributed by atoms with Gasteiger partial charge in [-0.2, -0.15) is 0 Å². The Morgan fingerprint density at radius 3 is 2.62 bits per heavy atom. The fourth-order valence-electron chi connectivity index (χ4n) is 2.07. The SMILES string of the molecule is CCNC(CC(C)C)c1ncccc1CC. The van der Waals surface area contributed by atoms with E-state index in [0.29, 0.717) is 12.0 Å². The van der Waals surface area contributed by atoms with E-state index in [4.69, 9.17) is 0 Å². The molecule has 1 aromatic rings. The van der Waals surface area contributed by atoms with Crippen LogP contribution in [-0.2, 0) is 6.42 Å². The zero-order valence-corrected chi connectivity index (χ0v) is 11.0. The van der Waals surface area contributed by atoms with Crippen LogP contribution in [0.15, 0.2) is 18.3 Å². The summed E-state index contributed by atoms with van der Waals surface area (Å²) >= 11 is 0. The number of hydrogen-bond donors (Lipinski definition) is 1. The highest BCUT2D eigenvalue weighted by molar-refractivity contribution is 5.22. The maximum Gasteiger partial charge on any atom is 0.0605 e. The minimum atomic E-state index is 0.404. The number of nitrogens with one attached hydrogen (secondary N) is 1. The van der Waals surface area contributed by atoms with E-state index in [1.807, 2.05) is 12.3 Å². The fourth-order valence-corrected chi connectivity index (χ4v) is 2.07.